The lowest BCUT2D eigenvalue weighted by atomic mass is 10.8. The molecule has 0 bridgehead atoms. The van der Waals surface area contributed by atoms with E-state index >= 15 is 0 Å². The molecule has 5 heteroatoms. The van der Waals surface area contributed by atoms with Gasteiger partial charge < -0.3 is 0 Å². The first-order valence-corrected chi connectivity index (χ1v) is 3.66. The molecule has 0 fully saturated rings. The van der Waals surface area contributed by atoms with Crippen molar-refractivity contribution in [1.29, 1.82) is 0 Å². The van der Waals surface area contributed by atoms with E-state index in [1.807, 2.05) is 5.38 Å². The average Bonchev–Trinajstić information content (AvgIpc) is 2.59. The van der Waals surface area contributed by atoms with Gasteiger partial charge in [-0.15, -0.1) is 16.4 Å². The predicted octanol–water partition coefficient (Wildman–Crippen LogP) is 0.724. The van der Waals surface area contributed by atoms with E-state index in [-0.39, 0.29) is 0 Å². The number of aromatic nitrogens is 4. The van der Waals surface area contributed by atoms with Gasteiger partial charge in [-0.2, -0.15) is 0 Å². The molecule has 0 aromatic carbocycles. The van der Waals surface area contributed by atoms with Gasteiger partial charge in [-0.1, -0.05) is 5.21 Å². The summed E-state index contributed by atoms with van der Waals surface area (Å²) < 4.78 is 1.62. The van der Waals surface area contributed by atoms with Crippen LogP contribution in [-0.4, -0.2) is 20.0 Å². The van der Waals surface area contributed by atoms with Gasteiger partial charge in [-0.25, -0.2) is 9.67 Å². The molecule has 50 valence electrons. The fourth-order valence-electron chi connectivity index (χ4n) is 0.650. The van der Waals surface area contributed by atoms with Crippen LogP contribution in [0.3, 0.4) is 0 Å². The number of nitrogens with zero attached hydrogens (tertiary/aromatic N) is 4. The van der Waals surface area contributed by atoms with Gasteiger partial charge in [-0.05, 0) is 0 Å². The Hall–Kier alpha value is -1.23. The van der Waals surface area contributed by atoms with Crippen molar-refractivity contribution in [2.75, 3.05) is 0 Å². The summed E-state index contributed by atoms with van der Waals surface area (Å²) in [5.74, 6) is 0.822. The molecule has 0 saturated carbocycles. The summed E-state index contributed by atoms with van der Waals surface area (Å²) in [5.41, 5.74) is 1.76. The Morgan fingerprint density at radius 3 is 3.10 bits per heavy atom. The first kappa shape index (κ1) is 5.55. The zero-order chi connectivity index (χ0) is 6.81. The largest absolute Gasteiger partial charge is 0.225 e. The summed E-state index contributed by atoms with van der Waals surface area (Å²) in [5, 5.41) is 9.34. The lowest BCUT2D eigenvalue weighted by Gasteiger charge is -1.88. The van der Waals surface area contributed by atoms with Gasteiger partial charge in [0.1, 0.15) is 0 Å². The quantitative estimate of drug-likeness (QED) is 0.604. The van der Waals surface area contributed by atoms with Crippen LogP contribution in [0.1, 0.15) is 0 Å². The summed E-state index contributed by atoms with van der Waals surface area (Å²) >= 11 is 1.54. The molecule has 0 unspecified atom stereocenters. The van der Waals surface area contributed by atoms with E-state index in [0.29, 0.717) is 0 Å². The van der Waals surface area contributed by atoms with Gasteiger partial charge in [0.15, 0.2) is 5.82 Å². The van der Waals surface area contributed by atoms with Crippen LogP contribution in [0.15, 0.2) is 23.3 Å². The maximum absolute atomic E-state index is 4.04. The third-order valence-electron chi connectivity index (χ3n) is 1.08. The minimum absolute atomic E-state index is 0.822. The SMILES string of the molecule is c1cn(-c2cscn2)nn1. The summed E-state index contributed by atoms with van der Waals surface area (Å²) in [7, 11) is 0. The highest BCUT2D eigenvalue weighted by Gasteiger charge is 1.95. The van der Waals surface area contributed by atoms with Crippen LogP contribution in [-0.2, 0) is 0 Å². The monoisotopic (exact) mass is 152 g/mol. The molecule has 2 rings (SSSR count). The maximum atomic E-state index is 4.04. The van der Waals surface area contributed by atoms with E-state index in [9.17, 15) is 0 Å². The van der Waals surface area contributed by atoms with E-state index in [0.717, 1.165) is 5.82 Å². The van der Waals surface area contributed by atoms with E-state index in [1.54, 1.807) is 22.6 Å². The normalized spacial score (nSPS) is 10.0. The molecular weight excluding hydrogens is 148 g/mol. The van der Waals surface area contributed by atoms with Crippen molar-refractivity contribution in [2.24, 2.45) is 0 Å². The standard InChI is InChI=1S/C5H4N4S/c1-2-9(8-7-1)5-3-10-4-6-5/h1-4H. The van der Waals surface area contributed by atoms with Crippen LogP contribution in [0.2, 0.25) is 0 Å². The zero-order valence-electron chi connectivity index (χ0n) is 5.01. The fourth-order valence-corrected chi connectivity index (χ4v) is 1.17. The first-order chi connectivity index (χ1) is 4.97. The summed E-state index contributed by atoms with van der Waals surface area (Å²) in [4.78, 5) is 4.04. The van der Waals surface area contributed by atoms with E-state index in [4.69, 9.17) is 0 Å². The number of hydrogen-bond acceptors (Lipinski definition) is 4. The van der Waals surface area contributed by atoms with Crippen LogP contribution in [0.5, 0.6) is 0 Å². The minimum Gasteiger partial charge on any atom is -0.225 e. The second-order valence-corrected chi connectivity index (χ2v) is 2.41. The van der Waals surface area contributed by atoms with Gasteiger partial charge in [0.05, 0.1) is 17.9 Å². The second kappa shape index (κ2) is 2.18. The Labute approximate surface area is 61.1 Å². The van der Waals surface area contributed by atoms with E-state index in [1.165, 1.54) is 11.3 Å². The molecule has 0 aliphatic heterocycles. The van der Waals surface area contributed by atoms with E-state index in [2.05, 4.69) is 15.3 Å². The smallest absolute Gasteiger partial charge is 0.165 e. The molecule has 4 nitrogen and oxygen atoms in total. The van der Waals surface area contributed by atoms with Crippen LogP contribution >= 0.6 is 11.3 Å². The summed E-state index contributed by atoms with van der Waals surface area (Å²) in [6, 6.07) is 0. The van der Waals surface area contributed by atoms with Crippen molar-refractivity contribution in [3.8, 4) is 5.82 Å². The molecule has 0 aliphatic rings. The van der Waals surface area contributed by atoms with Crippen LogP contribution in [0, 0.1) is 0 Å². The highest BCUT2D eigenvalue weighted by molar-refractivity contribution is 7.07. The maximum Gasteiger partial charge on any atom is 0.165 e. The van der Waals surface area contributed by atoms with Crippen LogP contribution in [0.25, 0.3) is 5.82 Å². The Balaban J connectivity index is 2.48. The number of thiazole rings is 1. The molecule has 0 atom stereocenters. The van der Waals surface area contributed by atoms with Crippen molar-refractivity contribution in [1.82, 2.24) is 20.0 Å². The molecule has 0 amide bonds. The molecule has 0 N–H and O–H groups in total. The third-order valence-corrected chi connectivity index (χ3v) is 1.65. The lowest BCUT2D eigenvalue weighted by molar-refractivity contribution is 0.786. The molecule has 0 spiro atoms. The fraction of sp³-hybridized carbons (Fsp3) is 0. The van der Waals surface area contributed by atoms with Crippen molar-refractivity contribution in [3.05, 3.63) is 23.3 Å². The van der Waals surface area contributed by atoms with Crippen molar-refractivity contribution in [2.45, 2.75) is 0 Å². The Morgan fingerprint density at radius 2 is 2.50 bits per heavy atom. The first-order valence-electron chi connectivity index (χ1n) is 2.72. The molecule has 0 radical (unpaired) electrons. The lowest BCUT2D eigenvalue weighted by Crippen LogP contribution is -1.93. The molecule has 2 aromatic heterocycles. The zero-order valence-corrected chi connectivity index (χ0v) is 5.82. The summed E-state index contributed by atoms with van der Waals surface area (Å²) in [6.07, 6.45) is 3.38. The molecule has 2 aromatic rings. The highest BCUT2D eigenvalue weighted by atomic mass is 32.1. The van der Waals surface area contributed by atoms with Gasteiger partial charge in [-0.3, -0.25) is 0 Å². The minimum atomic E-state index is 0.822. The molecule has 0 aliphatic carbocycles. The molecule has 10 heavy (non-hydrogen) atoms. The number of hydrogen-bond donors (Lipinski definition) is 0. The second-order valence-electron chi connectivity index (χ2n) is 1.69. The van der Waals surface area contributed by atoms with Crippen molar-refractivity contribution >= 4 is 11.3 Å². The van der Waals surface area contributed by atoms with Gasteiger partial charge >= 0.3 is 0 Å². The van der Waals surface area contributed by atoms with Gasteiger partial charge in [0.2, 0.25) is 0 Å². The molecular formula is C5H4N4S. The predicted molar refractivity (Wildman–Crippen MR) is 37.0 cm³/mol. The van der Waals surface area contributed by atoms with Gasteiger partial charge in [0, 0.05) is 5.38 Å². The van der Waals surface area contributed by atoms with Crippen molar-refractivity contribution < 1.29 is 0 Å². The molecule has 0 saturated heterocycles. The van der Waals surface area contributed by atoms with Crippen LogP contribution < -0.4 is 0 Å². The van der Waals surface area contributed by atoms with Gasteiger partial charge in [0.25, 0.3) is 0 Å². The third kappa shape index (κ3) is 0.801. The average molecular weight is 152 g/mol. The Kier molecular flexibility index (Phi) is 1.21. The van der Waals surface area contributed by atoms with Crippen LogP contribution in [0.4, 0.5) is 0 Å². The Bertz CT molecular complexity index is 253. The van der Waals surface area contributed by atoms with E-state index < -0.39 is 0 Å². The highest BCUT2D eigenvalue weighted by Crippen LogP contribution is 2.04. The number of rotatable bonds is 1. The Morgan fingerprint density at radius 1 is 1.50 bits per heavy atom. The summed E-state index contributed by atoms with van der Waals surface area (Å²) in [6.45, 7) is 0. The topological polar surface area (TPSA) is 43.6 Å². The molecule has 2 heterocycles. The van der Waals surface area contributed by atoms with Crippen molar-refractivity contribution in [3.63, 3.8) is 0 Å².